The predicted octanol–water partition coefficient (Wildman–Crippen LogP) is 5.92. The largest absolute Gasteiger partial charge is 0.507 e. The first kappa shape index (κ1) is 25.1. The number of fused-ring (bicyclic) bond motifs is 1. The number of halogens is 4. The molecule has 0 unspecified atom stereocenters. The number of carbonyl (C=O) groups is 1. The van der Waals surface area contributed by atoms with E-state index in [1.807, 2.05) is 0 Å². The number of aromatic nitrogens is 3. The van der Waals surface area contributed by atoms with Crippen molar-refractivity contribution in [3.05, 3.63) is 34.6 Å². The highest BCUT2D eigenvalue weighted by atomic mass is 79.9. The molecule has 12 heteroatoms. The maximum absolute atomic E-state index is 13.8. The van der Waals surface area contributed by atoms with E-state index in [4.69, 9.17) is 4.74 Å². The minimum absolute atomic E-state index is 0.0243. The zero-order valence-corrected chi connectivity index (χ0v) is 20.9. The summed E-state index contributed by atoms with van der Waals surface area (Å²) in [4.78, 5) is 25.1. The van der Waals surface area contributed by atoms with Crippen molar-refractivity contribution < 1.29 is 27.8 Å². The summed E-state index contributed by atoms with van der Waals surface area (Å²) in [5.41, 5.74) is -1.24. The lowest BCUT2D eigenvalue weighted by atomic mass is 10.1. The second-order valence-corrected chi connectivity index (χ2v) is 10.2. The zero-order valence-electron chi connectivity index (χ0n) is 19.3. The van der Waals surface area contributed by atoms with Gasteiger partial charge in [-0.2, -0.15) is 13.2 Å². The molecule has 3 aromatic rings. The molecular weight excluding hydrogens is 531 g/mol. The zero-order chi connectivity index (χ0) is 25.5. The van der Waals surface area contributed by atoms with Crippen LogP contribution in [0.2, 0.25) is 0 Å². The molecule has 0 spiro atoms. The minimum atomic E-state index is -4.68. The highest BCUT2D eigenvalue weighted by Crippen LogP contribution is 2.41. The number of aromatic hydroxyl groups is 1. The van der Waals surface area contributed by atoms with Crippen LogP contribution in [-0.2, 0) is 10.9 Å². The summed E-state index contributed by atoms with van der Waals surface area (Å²) in [6, 6.07) is 2.66. The number of amides is 1. The number of nitrogens with one attached hydrogen (secondary N) is 2. The van der Waals surface area contributed by atoms with Crippen molar-refractivity contribution >= 4 is 38.9 Å². The van der Waals surface area contributed by atoms with Crippen LogP contribution < -0.4 is 5.32 Å². The van der Waals surface area contributed by atoms with Crippen molar-refractivity contribution in [2.75, 3.05) is 18.4 Å². The number of phenolic OH excluding ortho intramolecular Hbond substituents is 1. The number of likely N-dealkylation sites (tertiary alicyclic amines) is 1. The number of alkyl halides is 3. The summed E-state index contributed by atoms with van der Waals surface area (Å²) in [7, 11) is 0. The van der Waals surface area contributed by atoms with E-state index < -0.39 is 23.4 Å². The van der Waals surface area contributed by atoms with Crippen LogP contribution in [0, 0.1) is 0 Å². The molecule has 3 N–H and O–H groups in total. The molecule has 1 aromatic carbocycles. The SMILES string of the molecule is CC(C)(C)OC(=O)N1CCC[C@H](Nc2ncc(C(F)(F)F)c(-c3c[nH]c4c(Br)c(O)ccc34)n2)C1. The average molecular weight is 556 g/mol. The van der Waals surface area contributed by atoms with E-state index in [2.05, 4.69) is 36.2 Å². The highest BCUT2D eigenvalue weighted by molar-refractivity contribution is 9.10. The van der Waals surface area contributed by atoms with Crippen LogP contribution in [0.3, 0.4) is 0 Å². The molecule has 0 aliphatic carbocycles. The Hall–Kier alpha value is -3.02. The number of nitrogens with zero attached hydrogens (tertiary/aromatic N) is 3. The van der Waals surface area contributed by atoms with Crippen molar-refractivity contribution in [3.63, 3.8) is 0 Å². The summed E-state index contributed by atoms with van der Waals surface area (Å²) < 4.78 is 47.3. The summed E-state index contributed by atoms with van der Waals surface area (Å²) in [5.74, 6) is -0.0185. The average Bonchev–Trinajstić information content (AvgIpc) is 3.19. The van der Waals surface area contributed by atoms with Crippen molar-refractivity contribution in [3.8, 4) is 17.0 Å². The second kappa shape index (κ2) is 9.21. The Morgan fingerprint density at radius 1 is 1.31 bits per heavy atom. The lowest BCUT2D eigenvalue weighted by Crippen LogP contribution is -2.47. The van der Waals surface area contributed by atoms with E-state index in [-0.39, 0.29) is 29.0 Å². The Morgan fingerprint density at radius 3 is 2.74 bits per heavy atom. The summed E-state index contributed by atoms with van der Waals surface area (Å²) in [5, 5.41) is 13.4. The van der Waals surface area contributed by atoms with Crippen molar-refractivity contribution in [1.82, 2.24) is 19.9 Å². The lowest BCUT2D eigenvalue weighted by Gasteiger charge is -2.34. The fraction of sp³-hybridized carbons (Fsp3) is 0.435. The number of piperidine rings is 1. The Morgan fingerprint density at radius 2 is 2.06 bits per heavy atom. The standard InChI is InChI=1S/C23H25BrF3N5O3/c1-22(2,3)35-21(34)32-8-4-5-12(11-32)30-20-29-10-15(23(25,26)27)18(31-20)14-9-28-19-13(14)6-7-16(33)17(19)24/h6-7,9-10,12,28,33H,4-5,8,11H2,1-3H3,(H,29,30,31)/t12-/m0/s1. The van der Waals surface area contributed by atoms with Crippen LogP contribution in [0.1, 0.15) is 39.2 Å². The Bertz CT molecular complexity index is 1260. The predicted molar refractivity (Wildman–Crippen MR) is 128 cm³/mol. The van der Waals surface area contributed by atoms with E-state index in [9.17, 15) is 23.1 Å². The molecule has 4 rings (SSSR count). The second-order valence-electron chi connectivity index (χ2n) is 9.39. The molecule has 1 amide bonds. The van der Waals surface area contributed by atoms with Crippen LogP contribution in [-0.4, -0.2) is 55.8 Å². The number of rotatable bonds is 3. The van der Waals surface area contributed by atoms with Gasteiger partial charge in [0, 0.05) is 42.5 Å². The van der Waals surface area contributed by atoms with E-state index in [1.54, 1.807) is 25.7 Å². The smallest absolute Gasteiger partial charge is 0.419 e. The van der Waals surface area contributed by atoms with E-state index in [1.165, 1.54) is 18.3 Å². The normalized spacial score (nSPS) is 17.0. The van der Waals surface area contributed by atoms with Gasteiger partial charge in [-0.25, -0.2) is 14.8 Å². The van der Waals surface area contributed by atoms with Gasteiger partial charge in [-0.3, -0.25) is 0 Å². The fourth-order valence-corrected chi connectivity index (χ4v) is 4.44. The van der Waals surface area contributed by atoms with Gasteiger partial charge in [-0.1, -0.05) is 0 Å². The van der Waals surface area contributed by atoms with Gasteiger partial charge >= 0.3 is 12.3 Å². The highest BCUT2D eigenvalue weighted by Gasteiger charge is 2.36. The van der Waals surface area contributed by atoms with Gasteiger partial charge in [0.25, 0.3) is 0 Å². The van der Waals surface area contributed by atoms with Crippen molar-refractivity contribution in [2.45, 2.75) is 51.4 Å². The first-order chi connectivity index (χ1) is 16.3. The van der Waals surface area contributed by atoms with Crippen molar-refractivity contribution in [2.24, 2.45) is 0 Å². The van der Waals surface area contributed by atoms with Gasteiger partial charge in [0.15, 0.2) is 0 Å². The molecule has 1 fully saturated rings. The molecule has 1 atom stereocenters. The number of H-pyrrole nitrogens is 1. The fourth-order valence-electron chi connectivity index (χ4n) is 3.98. The molecule has 35 heavy (non-hydrogen) atoms. The van der Waals surface area contributed by atoms with Crippen LogP contribution in [0.15, 0.2) is 29.0 Å². The number of ether oxygens (including phenoxy) is 1. The third-order valence-electron chi connectivity index (χ3n) is 5.53. The van der Waals surface area contributed by atoms with Gasteiger partial charge in [0.05, 0.1) is 15.7 Å². The van der Waals surface area contributed by atoms with Crippen LogP contribution >= 0.6 is 15.9 Å². The minimum Gasteiger partial charge on any atom is -0.507 e. The number of aromatic amines is 1. The topological polar surface area (TPSA) is 103 Å². The molecule has 1 saturated heterocycles. The molecule has 0 radical (unpaired) electrons. The first-order valence-corrected chi connectivity index (χ1v) is 11.8. The molecule has 0 bridgehead atoms. The molecule has 8 nitrogen and oxygen atoms in total. The lowest BCUT2D eigenvalue weighted by molar-refractivity contribution is -0.137. The monoisotopic (exact) mass is 555 g/mol. The number of anilines is 1. The van der Waals surface area contributed by atoms with Gasteiger partial charge < -0.3 is 25.0 Å². The maximum Gasteiger partial charge on any atom is 0.419 e. The quantitative estimate of drug-likeness (QED) is 0.370. The molecule has 3 heterocycles. The van der Waals surface area contributed by atoms with Gasteiger partial charge in [-0.15, -0.1) is 0 Å². The summed E-state index contributed by atoms with van der Waals surface area (Å²) in [6.07, 6.45) is -1.55. The molecular formula is C23H25BrF3N5O3. The Balaban J connectivity index is 1.64. The number of phenols is 1. The first-order valence-electron chi connectivity index (χ1n) is 11.0. The van der Waals surface area contributed by atoms with E-state index >= 15 is 0 Å². The third kappa shape index (κ3) is 5.47. The van der Waals surface area contributed by atoms with Gasteiger partial charge in [-0.05, 0) is 61.7 Å². The van der Waals surface area contributed by atoms with E-state index in [0.29, 0.717) is 41.3 Å². The van der Waals surface area contributed by atoms with Crippen LogP contribution in [0.4, 0.5) is 23.9 Å². The molecule has 0 saturated carbocycles. The van der Waals surface area contributed by atoms with Gasteiger partial charge in [0.1, 0.15) is 16.9 Å². The van der Waals surface area contributed by atoms with Crippen molar-refractivity contribution in [1.29, 1.82) is 0 Å². The summed E-state index contributed by atoms with van der Waals surface area (Å²) in [6.45, 7) is 6.20. The summed E-state index contributed by atoms with van der Waals surface area (Å²) >= 11 is 3.25. The third-order valence-corrected chi connectivity index (χ3v) is 6.33. The van der Waals surface area contributed by atoms with Crippen LogP contribution in [0.25, 0.3) is 22.2 Å². The Kier molecular flexibility index (Phi) is 6.60. The van der Waals surface area contributed by atoms with Gasteiger partial charge in [0.2, 0.25) is 5.95 Å². The van der Waals surface area contributed by atoms with Crippen LogP contribution in [0.5, 0.6) is 5.75 Å². The number of carbonyl (C=O) groups excluding carboxylic acids is 1. The molecule has 2 aromatic heterocycles. The van der Waals surface area contributed by atoms with E-state index in [0.717, 1.165) is 6.20 Å². The maximum atomic E-state index is 13.8. The molecule has 1 aliphatic rings. The number of benzene rings is 1. The molecule has 1 aliphatic heterocycles. The number of hydrogen-bond donors (Lipinski definition) is 3. The number of hydrogen-bond acceptors (Lipinski definition) is 6. The molecule has 188 valence electrons. The Labute approximate surface area is 208 Å².